The molecule has 0 unspecified atom stereocenters. The van der Waals surface area contributed by atoms with Gasteiger partial charge in [0.2, 0.25) is 0 Å². The summed E-state index contributed by atoms with van der Waals surface area (Å²) in [6, 6.07) is 5.32. The van der Waals surface area contributed by atoms with Crippen molar-refractivity contribution in [2.24, 2.45) is 0 Å². The molecule has 1 aromatic rings. The van der Waals surface area contributed by atoms with Gasteiger partial charge in [0.05, 0.1) is 13.2 Å². The summed E-state index contributed by atoms with van der Waals surface area (Å²) in [4.78, 5) is 0. The number of aliphatic hydroxyl groups excluding tert-OH is 2. The van der Waals surface area contributed by atoms with Crippen LogP contribution in [0.2, 0.25) is 0 Å². The fourth-order valence-corrected chi connectivity index (χ4v) is 1.32. The van der Waals surface area contributed by atoms with Crippen molar-refractivity contribution in [1.82, 2.24) is 0 Å². The van der Waals surface area contributed by atoms with Crippen LogP contribution in [0, 0.1) is 0 Å². The molecule has 0 spiro atoms. The maximum atomic E-state index is 9.04. The third-order valence-electron chi connectivity index (χ3n) is 1.82. The normalized spacial score (nSPS) is 11.5. The molecule has 0 aromatic heterocycles. The largest absolute Gasteiger partial charge is 0.488 e. The molecule has 3 nitrogen and oxygen atoms in total. The third kappa shape index (κ3) is 3.90. The minimum atomic E-state index is -0.277. The Morgan fingerprint density at radius 3 is 1.80 bits per heavy atom. The molecule has 0 aliphatic carbocycles. The molecule has 3 heteroatoms. The van der Waals surface area contributed by atoms with E-state index in [1.807, 2.05) is 20.8 Å². The van der Waals surface area contributed by atoms with E-state index in [4.69, 9.17) is 14.9 Å². The molecule has 0 aliphatic heterocycles. The Labute approximate surface area is 90.3 Å². The second-order valence-electron chi connectivity index (χ2n) is 4.52. The molecule has 2 N–H and O–H groups in total. The minimum Gasteiger partial charge on any atom is -0.488 e. The Balaban J connectivity index is 2.97. The summed E-state index contributed by atoms with van der Waals surface area (Å²) < 4.78 is 5.66. The molecule has 0 radical (unpaired) electrons. The number of ether oxygens (including phenoxy) is 1. The van der Waals surface area contributed by atoms with Crippen LogP contribution in [-0.2, 0) is 13.2 Å². The van der Waals surface area contributed by atoms with E-state index in [1.165, 1.54) is 0 Å². The summed E-state index contributed by atoms with van der Waals surface area (Å²) in [5.41, 5.74) is 1.22. The van der Waals surface area contributed by atoms with Crippen LogP contribution in [0.1, 0.15) is 31.9 Å². The molecular formula is C12H18O3. The molecule has 0 saturated carbocycles. The number of rotatable bonds is 3. The van der Waals surface area contributed by atoms with Gasteiger partial charge in [-0.15, -0.1) is 0 Å². The van der Waals surface area contributed by atoms with Crippen LogP contribution in [0.3, 0.4) is 0 Å². The third-order valence-corrected chi connectivity index (χ3v) is 1.82. The van der Waals surface area contributed by atoms with E-state index in [0.717, 1.165) is 11.1 Å². The number of aliphatic hydroxyl groups is 2. The van der Waals surface area contributed by atoms with Crippen LogP contribution in [0.5, 0.6) is 5.75 Å². The van der Waals surface area contributed by atoms with Crippen molar-refractivity contribution in [2.45, 2.75) is 39.6 Å². The first-order valence-electron chi connectivity index (χ1n) is 4.98. The zero-order valence-electron chi connectivity index (χ0n) is 9.45. The van der Waals surface area contributed by atoms with E-state index in [9.17, 15) is 0 Å². The van der Waals surface area contributed by atoms with Gasteiger partial charge in [0.1, 0.15) is 11.4 Å². The second-order valence-corrected chi connectivity index (χ2v) is 4.52. The lowest BCUT2D eigenvalue weighted by Crippen LogP contribution is -2.23. The van der Waals surface area contributed by atoms with Crippen molar-refractivity contribution < 1.29 is 14.9 Å². The Bertz CT molecular complexity index is 304. The van der Waals surface area contributed by atoms with Gasteiger partial charge >= 0.3 is 0 Å². The first kappa shape index (κ1) is 12.0. The maximum Gasteiger partial charge on any atom is 0.120 e. The van der Waals surface area contributed by atoms with E-state index in [-0.39, 0.29) is 18.8 Å². The highest BCUT2D eigenvalue weighted by atomic mass is 16.5. The van der Waals surface area contributed by atoms with Gasteiger partial charge in [0, 0.05) is 0 Å². The van der Waals surface area contributed by atoms with Crippen LogP contribution >= 0.6 is 0 Å². The number of hydrogen-bond acceptors (Lipinski definition) is 3. The molecule has 0 fully saturated rings. The fraction of sp³-hybridized carbons (Fsp3) is 0.500. The molecule has 1 rings (SSSR count). The van der Waals surface area contributed by atoms with Crippen LogP contribution < -0.4 is 4.74 Å². The average Bonchev–Trinajstić information content (AvgIpc) is 2.14. The predicted octanol–water partition coefficient (Wildman–Crippen LogP) is 1.85. The van der Waals surface area contributed by atoms with E-state index in [0.29, 0.717) is 5.75 Å². The summed E-state index contributed by atoms with van der Waals surface area (Å²) in [5, 5.41) is 18.1. The molecule has 0 bridgehead atoms. The van der Waals surface area contributed by atoms with Crippen molar-refractivity contribution in [3.63, 3.8) is 0 Å². The van der Waals surface area contributed by atoms with E-state index in [2.05, 4.69) is 0 Å². The number of hydrogen-bond donors (Lipinski definition) is 2. The Hall–Kier alpha value is -1.06. The SMILES string of the molecule is CC(C)(C)Oc1cc(CO)cc(CO)c1. The predicted molar refractivity (Wildman–Crippen MR) is 58.7 cm³/mol. The Morgan fingerprint density at radius 1 is 1.00 bits per heavy atom. The molecule has 0 amide bonds. The van der Waals surface area contributed by atoms with Crippen molar-refractivity contribution in [3.05, 3.63) is 29.3 Å². The summed E-state index contributed by atoms with van der Waals surface area (Å²) in [7, 11) is 0. The van der Waals surface area contributed by atoms with Gasteiger partial charge in [-0.05, 0) is 44.0 Å². The standard InChI is InChI=1S/C12H18O3/c1-12(2,3)15-11-5-9(7-13)4-10(6-11)8-14/h4-6,13-14H,7-8H2,1-3H3. The summed E-state index contributed by atoms with van der Waals surface area (Å²) in [5.74, 6) is 0.679. The van der Waals surface area contributed by atoms with Crippen LogP contribution in [0.4, 0.5) is 0 Å². The molecule has 1 aromatic carbocycles. The quantitative estimate of drug-likeness (QED) is 0.800. The summed E-state index contributed by atoms with van der Waals surface area (Å²) in [6.07, 6.45) is 0. The van der Waals surface area contributed by atoms with Crippen molar-refractivity contribution >= 4 is 0 Å². The van der Waals surface area contributed by atoms with Crippen LogP contribution in [-0.4, -0.2) is 15.8 Å². The highest BCUT2D eigenvalue weighted by Crippen LogP contribution is 2.22. The van der Waals surface area contributed by atoms with E-state index >= 15 is 0 Å². The van der Waals surface area contributed by atoms with Gasteiger partial charge in [0.25, 0.3) is 0 Å². The van der Waals surface area contributed by atoms with Gasteiger partial charge in [0.15, 0.2) is 0 Å². The van der Waals surface area contributed by atoms with E-state index in [1.54, 1.807) is 18.2 Å². The van der Waals surface area contributed by atoms with Crippen molar-refractivity contribution in [1.29, 1.82) is 0 Å². The highest BCUT2D eigenvalue weighted by molar-refractivity contribution is 5.34. The van der Waals surface area contributed by atoms with Gasteiger partial charge in [-0.2, -0.15) is 0 Å². The summed E-state index contributed by atoms with van der Waals surface area (Å²) >= 11 is 0. The fourth-order valence-electron chi connectivity index (χ4n) is 1.32. The molecule has 0 aliphatic rings. The van der Waals surface area contributed by atoms with E-state index < -0.39 is 0 Å². The van der Waals surface area contributed by atoms with Gasteiger partial charge in [-0.1, -0.05) is 6.07 Å². The monoisotopic (exact) mass is 210 g/mol. The average molecular weight is 210 g/mol. The maximum absolute atomic E-state index is 9.04. The van der Waals surface area contributed by atoms with Crippen molar-refractivity contribution in [2.75, 3.05) is 0 Å². The van der Waals surface area contributed by atoms with Crippen LogP contribution in [0.25, 0.3) is 0 Å². The molecule has 0 atom stereocenters. The van der Waals surface area contributed by atoms with Gasteiger partial charge in [-0.25, -0.2) is 0 Å². The number of benzene rings is 1. The lowest BCUT2D eigenvalue weighted by Gasteiger charge is -2.22. The molecule has 0 heterocycles. The smallest absolute Gasteiger partial charge is 0.120 e. The zero-order valence-corrected chi connectivity index (χ0v) is 9.45. The minimum absolute atomic E-state index is 0.0473. The first-order chi connectivity index (χ1) is 6.94. The lowest BCUT2D eigenvalue weighted by atomic mass is 10.1. The summed E-state index contributed by atoms with van der Waals surface area (Å²) in [6.45, 7) is 5.77. The van der Waals surface area contributed by atoms with Gasteiger partial charge < -0.3 is 14.9 Å². The Morgan fingerprint density at radius 2 is 1.47 bits per heavy atom. The second kappa shape index (κ2) is 4.64. The first-order valence-corrected chi connectivity index (χ1v) is 4.98. The zero-order chi connectivity index (χ0) is 11.5. The van der Waals surface area contributed by atoms with Gasteiger partial charge in [-0.3, -0.25) is 0 Å². The lowest BCUT2D eigenvalue weighted by molar-refractivity contribution is 0.130. The Kier molecular flexibility index (Phi) is 3.72. The molecular weight excluding hydrogens is 192 g/mol. The molecule has 0 saturated heterocycles. The molecule has 84 valence electrons. The van der Waals surface area contributed by atoms with Crippen molar-refractivity contribution in [3.8, 4) is 5.75 Å². The highest BCUT2D eigenvalue weighted by Gasteiger charge is 2.12. The van der Waals surface area contributed by atoms with Crippen LogP contribution in [0.15, 0.2) is 18.2 Å². The topological polar surface area (TPSA) is 49.7 Å². The molecule has 15 heavy (non-hydrogen) atoms.